The van der Waals surface area contributed by atoms with Crippen LogP contribution in [-0.2, 0) is 14.6 Å². The van der Waals surface area contributed by atoms with Crippen LogP contribution in [0.4, 0.5) is 13.2 Å². The molecule has 0 atom stereocenters. The molecule has 3 rings (SSSR count). The van der Waals surface area contributed by atoms with Gasteiger partial charge in [0.15, 0.2) is 9.84 Å². The van der Waals surface area contributed by atoms with Gasteiger partial charge in [-0.05, 0) is 36.4 Å². The van der Waals surface area contributed by atoms with Crippen molar-refractivity contribution in [2.45, 2.75) is 11.3 Å². The van der Waals surface area contributed by atoms with Gasteiger partial charge in [0.2, 0.25) is 11.1 Å². The van der Waals surface area contributed by atoms with Crippen LogP contribution in [0.2, 0.25) is 0 Å². The minimum Gasteiger partial charge on any atom is -0.457 e. The number of nitrogens with zero attached hydrogens (tertiary/aromatic N) is 2. The van der Waals surface area contributed by atoms with Gasteiger partial charge in [-0.25, -0.2) is 17.9 Å². The van der Waals surface area contributed by atoms with Gasteiger partial charge in [-0.1, -0.05) is 18.7 Å². The Morgan fingerprint density at radius 3 is 2.41 bits per heavy atom. The highest BCUT2D eigenvalue weighted by Gasteiger charge is 2.31. The first-order valence-corrected chi connectivity index (χ1v) is 10.7. The Kier molecular flexibility index (Phi) is 6.08. The monoisotopic (exact) mass is 468 g/mol. The molecule has 0 spiro atoms. The first-order chi connectivity index (χ1) is 14.9. The number of esters is 1. The molecule has 0 aliphatic heterocycles. The van der Waals surface area contributed by atoms with E-state index in [1.54, 1.807) is 0 Å². The fraction of sp³-hybridized carbons (Fsp3) is 0.150. The van der Waals surface area contributed by atoms with Crippen molar-refractivity contribution in [1.82, 2.24) is 9.78 Å². The summed E-state index contributed by atoms with van der Waals surface area (Å²) in [5.41, 5.74) is -1.52. The van der Waals surface area contributed by atoms with Crippen LogP contribution in [0.1, 0.15) is 10.5 Å². The average molecular weight is 468 g/mol. The van der Waals surface area contributed by atoms with E-state index in [9.17, 15) is 31.2 Å². The zero-order valence-corrected chi connectivity index (χ0v) is 17.2. The van der Waals surface area contributed by atoms with Gasteiger partial charge in [-0.2, -0.15) is 5.10 Å². The molecule has 0 saturated carbocycles. The van der Waals surface area contributed by atoms with Gasteiger partial charge >= 0.3 is 12.3 Å². The maximum absolute atomic E-state index is 13.0. The van der Waals surface area contributed by atoms with Crippen molar-refractivity contribution in [2.24, 2.45) is 0 Å². The summed E-state index contributed by atoms with van der Waals surface area (Å²) < 4.78 is 71.6. The van der Waals surface area contributed by atoms with Crippen LogP contribution >= 0.6 is 0 Å². The average Bonchev–Trinajstić information content (AvgIpc) is 2.71. The number of alkyl halides is 3. The molecule has 0 bridgehead atoms. The molecule has 1 aromatic heterocycles. The van der Waals surface area contributed by atoms with Crippen LogP contribution in [0.25, 0.3) is 16.6 Å². The number of carbonyl (C=O) groups excluding carboxylic acids is 1. The number of aromatic nitrogens is 2. The number of carbonyl (C=O) groups is 1. The Balaban J connectivity index is 2.30. The fourth-order valence-corrected chi connectivity index (χ4v) is 3.77. The molecule has 0 N–H and O–H groups in total. The van der Waals surface area contributed by atoms with Crippen LogP contribution in [0.15, 0.2) is 64.8 Å². The zero-order valence-electron chi connectivity index (χ0n) is 16.4. The van der Waals surface area contributed by atoms with Gasteiger partial charge in [0.1, 0.15) is 12.4 Å². The number of benzene rings is 2. The van der Waals surface area contributed by atoms with E-state index >= 15 is 0 Å². The van der Waals surface area contributed by atoms with Crippen LogP contribution in [0, 0.1) is 0 Å². The van der Waals surface area contributed by atoms with Crippen molar-refractivity contribution < 1.29 is 35.9 Å². The van der Waals surface area contributed by atoms with Gasteiger partial charge in [-0.3, -0.25) is 4.79 Å². The Morgan fingerprint density at radius 2 is 1.84 bits per heavy atom. The molecule has 3 aromatic rings. The Labute approximate surface area is 179 Å². The van der Waals surface area contributed by atoms with Gasteiger partial charge in [0.25, 0.3) is 0 Å². The molecule has 0 fully saturated rings. The Morgan fingerprint density at radius 1 is 1.19 bits per heavy atom. The van der Waals surface area contributed by atoms with E-state index in [0.29, 0.717) is 0 Å². The second-order valence-corrected chi connectivity index (χ2v) is 8.42. The lowest BCUT2D eigenvalue weighted by Crippen LogP contribution is -2.25. The minimum absolute atomic E-state index is 0.0164. The SMILES string of the molecule is C=CCOC(=O)c1nn(-c2ccc(OC(F)(F)F)cc2)c2cccc(S(C)(=O)=O)c2c1=O. The topological polar surface area (TPSA) is 105 Å². The molecule has 0 saturated heterocycles. The number of rotatable bonds is 6. The minimum atomic E-state index is -4.89. The van der Waals surface area contributed by atoms with Crippen molar-refractivity contribution in [2.75, 3.05) is 12.9 Å². The molecule has 32 heavy (non-hydrogen) atoms. The van der Waals surface area contributed by atoms with Crippen LogP contribution in [-0.4, -0.2) is 43.4 Å². The summed E-state index contributed by atoms with van der Waals surface area (Å²) in [6.45, 7) is 3.16. The van der Waals surface area contributed by atoms with E-state index in [-0.39, 0.29) is 28.1 Å². The smallest absolute Gasteiger partial charge is 0.457 e. The molecule has 0 aliphatic rings. The lowest BCUT2D eigenvalue weighted by atomic mass is 10.2. The van der Waals surface area contributed by atoms with E-state index in [1.165, 1.54) is 36.4 Å². The third-order valence-electron chi connectivity index (χ3n) is 4.11. The summed E-state index contributed by atoms with van der Waals surface area (Å²) in [5.74, 6) is -1.63. The molecule has 0 radical (unpaired) electrons. The number of hydrogen-bond acceptors (Lipinski definition) is 7. The summed E-state index contributed by atoms with van der Waals surface area (Å²) in [4.78, 5) is 25.0. The van der Waals surface area contributed by atoms with Crippen molar-refractivity contribution in [3.63, 3.8) is 0 Å². The summed E-state index contributed by atoms with van der Waals surface area (Å²) in [5, 5.41) is 3.67. The summed E-state index contributed by atoms with van der Waals surface area (Å²) in [7, 11) is -3.89. The fourth-order valence-electron chi connectivity index (χ4n) is 2.87. The second-order valence-electron chi connectivity index (χ2n) is 6.44. The zero-order chi connectivity index (χ0) is 23.7. The lowest BCUT2D eigenvalue weighted by molar-refractivity contribution is -0.274. The highest BCUT2D eigenvalue weighted by atomic mass is 32.2. The quantitative estimate of drug-likeness (QED) is 0.405. The van der Waals surface area contributed by atoms with E-state index in [0.717, 1.165) is 23.1 Å². The van der Waals surface area contributed by atoms with E-state index < -0.39 is 39.0 Å². The van der Waals surface area contributed by atoms with Crippen molar-refractivity contribution >= 4 is 26.7 Å². The van der Waals surface area contributed by atoms with Crippen molar-refractivity contribution in [3.8, 4) is 11.4 Å². The second kappa shape index (κ2) is 8.46. The van der Waals surface area contributed by atoms with Crippen LogP contribution < -0.4 is 10.2 Å². The number of hydrogen-bond donors (Lipinski definition) is 0. The van der Waals surface area contributed by atoms with Crippen LogP contribution in [0.5, 0.6) is 5.75 Å². The molecule has 0 unspecified atom stereocenters. The number of ether oxygens (including phenoxy) is 2. The molecule has 1 heterocycles. The highest BCUT2D eigenvalue weighted by Crippen LogP contribution is 2.26. The number of sulfone groups is 1. The maximum Gasteiger partial charge on any atom is 0.573 e. The first kappa shape index (κ1) is 23.0. The molecular weight excluding hydrogens is 453 g/mol. The molecule has 2 aromatic carbocycles. The number of halogens is 3. The maximum atomic E-state index is 13.0. The first-order valence-electron chi connectivity index (χ1n) is 8.82. The molecule has 12 heteroatoms. The molecule has 8 nitrogen and oxygen atoms in total. The highest BCUT2D eigenvalue weighted by molar-refractivity contribution is 7.91. The van der Waals surface area contributed by atoms with Crippen molar-refractivity contribution in [3.05, 3.63) is 71.0 Å². The van der Waals surface area contributed by atoms with Gasteiger partial charge in [-0.15, -0.1) is 13.2 Å². The van der Waals surface area contributed by atoms with Gasteiger partial charge < -0.3 is 9.47 Å². The largest absolute Gasteiger partial charge is 0.573 e. The molecular formula is C20H15F3N2O6S. The third-order valence-corrected chi connectivity index (χ3v) is 5.25. The van der Waals surface area contributed by atoms with Gasteiger partial charge in [0, 0.05) is 6.26 Å². The van der Waals surface area contributed by atoms with E-state index in [4.69, 9.17) is 4.74 Å². The van der Waals surface area contributed by atoms with E-state index in [1.807, 2.05) is 0 Å². The number of fused-ring (bicyclic) bond motifs is 1. The summed E-state index contributed by atoms with van der Waals surface area (Å²) in [6.07, 6.45) is -2.74. The summed E-state index contributed by atoms with van der Waals surface area (Å²) in [6, 6.07) is 8.36. The van der Waals surface area contributed by atoms with E-state index in [2.05, 4.69) is 16.4 Å². The normalized spacial score (nSPS) is 11.9. The predicted octanol–water partition coefficient (Wildman–Crippen LogP) is 3.03. The Bertz CT molecular complexity index is 1360. The predicted molar refractivity (Wildman–Crippen MR) is 108 cm³/mol. The lowest BCUT2D eigenvalue weighted by Gasteiger charge is -2.14. The van der Waals surface area contributed by atoms with Crippen LogP contribution in [0.3, 0.4) is 0 Å². The molecule has 168 valence electrons. The van der Waals surface area contributed by atoms with Crippen molar-refractivity contribution in [1.29, 1.82) is 0 Å². The standard InChI is InChI=1S/C20H15F3N2O6S/c1-3-11-30-19(27)17-18(26)16-14(5-4-6-15(16)32(2,28)29)25(24-17)12-7-9-13(10-8-12)31-20(21,22)23/h3-10H,1,11H2,2H3. The summed E-state index contributed by atoms with van der Waals surface area (Å²) >= 11 is 0. The van der Waals surface area contributed by atoms with Gasteiger partial charge in [0.05, 0.1) is 21.5 Å². The third kappa shape index (κ3) is 4.80. The Hall–Kier alpha value is -3.67. The molecule has 0 amide bonds. The molecule has 0 aliphatic carbocycles.